The Kier molecular flexibility index (Phi) is 5.68. The van der Waals surface area contributed by atoms with Crippen molar-refractivity contribution in [1.29, 1.82) is 0 Å². The van der Waals surface area contributed by atoms with E-state index >= 15 is 0 Å². The molecule has 0 spiro atoms. The molecule has 0 fully saturated rings. The number of aryl methyl sites for hydroxylation is 2. The molecule has 2 aromatic rings. The molecule has 1 aromatic carbocycles. The molecule has 0 bridgehead atoms. The van der Waals surface area contributed by atoms with Crippen molar-refractivity contribution in [2.24, 2.45) is 0 Å². The second kappa shape index (κ2) is 7.54. The van der Waals surface area contributed by atoms with Crippen LogP contribution in [0.2, 0.25) is 0 Å². The number of carbonyl (C=O) groups excluding carboxylic acids is 1. The van der Waals surface area contributed by atoms with Crippen LogP contribution >= 0.6 is 0 Å². The summed E-state index contributed by atoms with van der Waals surface area (Å²) in [5.74, 6) is -0.701. The second-order valence-electron chi connectivity index (χ2n) is 5.17. The number of sulfonamides is 1. The first kappa shape index (κ1) is 18.1. The SMILES string of the molecule is Cc1noc(C)c1S(=O)(=O)NCC(=O)NCCc1ccccc1F. The lowest BCUT2D eigenvalue weighted by atomic mass is 10.1. The fourth-order valence-electron chi connectivity index (χ4n) is 2.19. The summed E-state index contributed by atoms with van der Waals surface area (Å²) >= 11 is 0. The summed E-state index contributed by atoms with van der Waals surface area (Å²) in [5, 5.41) is 6.10. The highest BCUT2D eigenvalue weighted by Crippen LogP contribution is 2.18. The van der Waals surface area contributed by atoms with Crippen LogP contribution in [0.5, 0.6) is 0 Å². The van der Waals surface area contributed by atoms with Gasteiger partial charge in [0.05, 0.1) is 6.54 Å². The highest BCUT2D eigenvalue weighted by molar-refractivity contribution is 7.89. The molecule has 2 N–H and O–H groups in total. The Morgan fingerprint density at radius 2 is 2.00 bits per heavy atom. The topological polar surface area (TPSA) is 101 Å². The van der Waals surface area contributed by atoms with Crippen LogP contribution in [0.1, 0.15) is 17.0 Å². The summed E-state index contributed by atoms with van der Waals surface area (Å²) in [5.41, 5.74) is 0.703. The number of rotatable bonds is 7. The second-order valence-corrected chi connectivity index (χ2v) is 6.87. The maximum Gasteiger partial charge on any atom is 0.246 e. The van der Waals surface area contributed by atoms with Crippen molar-refractivity contribution in [3.63, 3.8) is 0 Å². The number of nitrogens with zero attached hydrogens (tertiary/aromatic N) is 1. The van der Waals surface area contributed by atoms with E-state index in [1.54, 1.807) is 18.2 Å². The number of carbonyl (C=O) groups is 1. The average molecular weight is 355 g/mol. The van der Waals surface area contributed by atoms with Crippen LogP contribution in [0.3, 0.4) is 0 Å². The Bertz CT molecular complexity index is 813. The van der Waals surface area contributed by atoms with Crippen molar-refractivity contribution in [2.45, 2.75) is 25.2 Å². The molecule has 0 unspecified atom stereocenters. The molecule has 1 aromatic heterocycles. The minimum Gasteiger partial charge on any atom is -0.360 e. The molecule has 130 valence electrons. The normalized spacial score (nSPS) is 11.5. The third-order valence-corrected chi connectivity index (χ3v) is 4.98. The van der Waals surface area contributed by atoms with Crippen molar-refractivity contribution in [3.05, 3.63) is 47.1 Å². The van der Waals surface area contributed by atoms with Gasteiger partial charge in [-0.3, -0.25) is 4.79 Å². The summed E-state index contributed by atoms with van der Waals surface area (Å²) in [4.78, 5) is 11.7. The number of aromatic nitrogens is 1. The zero-order valence-electron chi connectivity index (χ0n) is 13.3. The van der Waals surface area contributed by atoms with Gasteiger partial charge in [0.1, 0.15) is 16.4 Å². The van der Waals surface area contributed by atoms with Gasteiger partial charge in [0.15, 0.2) is 5.76 Å². The van der Waals surface area contributed by atoms with Gasteiger partial charge in [-0.25, -0.2) is 17.5 Å². The van der Waals surface area contributed by atoms with Gasteiger partial charge >= 0.3 is 0 Å². The van der Waals surface area contributed by atoms with Gasteiger partial charge in [0, 0.05) is 6.54 Å². The molecule has 0 aliphatic carbocycles. The summed E-state index contributed by atoms with van der Waals surface area (Å²) in [6.07, 6.45) is 0.315. The predicted molar refractivity (Wildman–Crippen MR) is 84.3 cm³/mol. The minimum absolute atomic E-state index is 0.0679. The molecule has 0 atom stereocenters. The van der Waals surface area contributed by atoms with Gasteiger partial charge in [-0.2, -0.15) is 0 Å². The Hall–Kier alpha value is -2.26. The molecule has 24 heavy (non-hydrogen) atoms. The number of hydrogen-bond donors (Lipinski definition) is 2. The van der Waals surface area contributed by atoms with Crippen LogP contribution < -0.4 is 10.0 Å². The molecule has 0 saturated heterocycles. The fraction of sp³-hybridized carbons (Fsp3) is 0.333. The van der Waals surface area contributed by atoms with Crippen LogP contribution in [-0.2, 0) is 21.2 Å². The largest absolute Gasteiger partial charge is 0.360 e. The number of hydrogen-bond acceptors (Lipinski definition) is 5. The van der Waals surface area contributed by atoms with Crippen LogP contribution in [0.15, 0.2) is 33.7 Å². The molecule has 1 amide bonds. The molecular weight excluding hydrogens is 337 g/mol. The van der Waals surface area contributed by atoms with Crippen molar-refractivity contribution in [1.82, 2.24) is 15.2 Å². The molecule has 0 radical (unpaired) electrons. The number of halogens is 1. The maximum absolute atomic E-state index is 13.4. The van der Waals surface area contributed by atoms with Gasteiger partial charge in [-0.05, 0) is 31.9 Å². The van der Waals surface area contributed by atoms with Crippen molar-refractivity contribution in [3.8, 4) is 0 Å². The summed E-state index contributed by atoms with van der Waals surface area (Å²) in [6, 6.07) is 6.26. The lowest BCUT2D eigenvalue weighted by Gasteiger charge is -2.08. The van der Waals surface area contributed by atoms with E-state index in [0.29, 0.717) is 12.0 Å². The van der Waals surface area contributed by atoms with Gasteiger partial charge < -0.3 is 9.84 Å². The quantitative estimate of drug-likeness (QED) is 0.774. The predicted octanol–water partition coefficient (Wildman–Crippen LogP) is 1.07. The first-order valence-electron chi connectivity index (χ1n) is 7.24. The van der Waals surface area contributed by atoms with Crippen molar-refractivity contribution in [2.75, 3.05) is 13.1 Å². The Morgan fingerprint density at radius 1 is 1.29 bits per heavy atom. The van der Waals surface area contributed by atoms with Crippen LogP contribution in [0, 0.1) is 19.7 Å². The smallest absolute Gasteiger partial charge is 0.246 e. The van der Waals surface area contributed by atoms with Crippen LogP contribution in [0.4, 0.5) is 4.39 Å². The van der Waals surface area contributed by atoms with Crippen molar-refractivity contribution < 1.29 is 22.1 Å². The molecule has 7 nitrogen and oxygen atoms in total. The van der Waals surface area contributed by atoms with E-state index in [1.807, 2.05) is 0 Å². The highest BCUT2D eigenvalue weighted by atomic mass is 32.2. The van der Waals surface area contributed by atoms with E-state index in [1.165, 1.54) is 19.9 Å². The Balaban J connectivity index is 1.84. The monoisotopic (exact) mass is 355 g/mol. The Labute approximate surface area is 139 Å². The van der Waals surface area contributed by atoms with E-state index < -0.39 is 22.5 Å². The van der Waals surface area contributed by atoms with Crippen LogP contribution in [-0.4, -0.2) is 32.6 Å². The average Bonchev–Trinajstić information content (AvgIpc) is 2.87. The lowest BCUT2D eigenvalue weighted by molar-refractivity contribution is -0.119. The van der Waals surface area contributed by atoms with E-state index in [4.69, 9.17) is 4.52 Å². The van der Waals surface area contributed by atoms with E-state index in [9.17, 15) is 17.6 Å². The molecule has 0 aliphatic rings. The molecular formula is C15H18FN3O4S. The van der Waals surface area contributed by atoms with Gasteiger partial charge in [-0.1, -0.05) is 23.4 Å². The van der Waals surface area contributed by atoms with Crippen LogP contribution in [0.25, 0.3) is 0 Å². The summed E-state index contributed by atoms with van der Waals surface area (Å²) in [7, 11) is -3.88. The molecule has 2 rings (SSSR count). The van der Waals surface area contributed by atoms with Gasteiger partial charge in [-0.15, -0.1) is 0 Å². The van der Waals surface area contributed by atoms with E-state index in [0.717, 1.165) is 0 Å². The molecule has 9 heteroatoms. The van der Waals surface area contributed by atoms with E-state index in [2.05, 4.69) is 15.2 Å². The third-order valence-electron chi connectivity index (χ3n) is 3.33. The summed E-state index contributed by atoms with van der Waals surface area (Å²) < 4.78 is 44.7. The van der Waals surface area contributed by atoms with Gasteiger partial charge in [0.2, 0.25) is 15.9 Å². The highest BCUT2D eigenvalue weighted by Gasteiger charge is 2.24. The molecule has 0 aliphatic heterocycles. The molecule has 0 saturated carbocycles. The minimum atomic E-state index is -3.88. The third kappa shape index (κ3) is 4.39. The lowest BCUT2D eigenvalue weighted by Crippen LogP contribution is -2.38. The number of nitrogens with one attached hydrogen (secondary N) is 2. The maximum atomic E-state index is 13.4. The first-order chi connectivity index (χ1) is 11.3. The summed E-state index contributed by atoms with van der Waals surface area (Å²) in [6.45, 7) is 2.75. The molecule has 1 heterocycles. The standard InChI is InChI=1S/C15H18FN3O4S/c1-10-15(11(2)23-19-10)24(21,22)18-9-14(20)17-8-7-12-5-3-4-6-13(12)16/h3-6,18H,7-9H2,1-2H3,(H,17,20). The number of amides is 1. The van der Waals surface area contributed by atoms with Gasteiger partial charge in [0.25, 0.3) is 0 Å². The fourth-order valence-corrected chi connectivity index (χ4v) is 3.50. The van der Waals surface area contributed by atoms with Crippen molar-refractivity contribution >= 4 is 15.9 Å². The first-order valence-corrected chi connectivity index (χ1v) is 8.72. The Morgan fingerprint density at radius 3 is 2.62 bits per heavy atom. The number of benzene rings is 1. The zero-order chi connectivity index (χ0) is 17.7. The van der Waals surface area contributed by atoms with E-state index in [-0.39, 0.29) is 28.7 Å². The zero-order valence-corrected chi connectivity index (χ0v) is 14.1.